The van der Waals surface area contributed by atoms with Gasteiger partial charge in [-0.05, 0) is 0 Å². The molecule has 1 aliphatic heterocycles. The molecule has 0 bridgehead atoms. The van der Waals surface area contributed by atoms with E-state index >= 15 is 0 Å². The number of ether oxygens (including phenoxy) is 1. The molecule has 1 saturated heterocycles. The van der Waals surface area contributed by atoms with E-state index in [0.717, 1.165) is 0 Å². The fourth-order valence-electron chi connectivity index (χ4n) is 2.18. The third kappa shape index (κ3) is 3.12. The number of nitrogens with two attached hydrogens (primary N) is 1. The van der Waals surface area contributed by atoms with Crippen LogP contribution in [0.2, 0.25) is 0 Å². The SMILES string of the molecule is NC(=O)[C@@]1(n2cc(C(=O)[O-])nn2)O[C@H](CO)[C@@H](O)[C@H](O)[C@H]1O.[Na+]. The average molecular weight is 340 g/mol. The van der Waals surface area contributed by atoms with Crippen molar-refractivity contribution in [2.75, 3.05) is 6.61 Å². The Kier molecular flexibility index (Phi) is 6.23. The molecule has 5 atom stereocenters. The van der Waals surface area contributed by atoms with E-state index < -0.39 is 54.3 Å². The van der Waals surface area contributed by atoms with Crippen molar-refractivity contribution < 1.29 is 69.4 Å². The summed E-state index contributed by atoms with van der Waals surface area (Å²) in [5.41, 5.74) is 1.94. The van der Waals surface area contributed by atoms with Crippen molar-refractivity contribution in [3.05, 3.63) is 11.9 Å². The van der Waals surface area contributed by atoms with E-state index in [1.165, 1.54) is 0 Å². The van der Waals surface area contributed by atoms with Gasteiger partial charge in [-0.25, -0.2) is 4.68 Å². The fraction of sp³-hybridized carbons (Fsp3) is 0.600. The number of hydrogen-bond acceptors (Lipinski definition) is 10. The molecule has 13 heteroatoms. The Balaban J connectivity index is 0.00000264. The molecule has 0 spiro atoms. The van der Waals surface area contributed by atoms with E-state index in [1.807, 2.05) is 0 Å². The van der Waals surface area contributed by atoms with E-state index in [9.17, 15) is 30.0 Å². The molecule has 0 saturated carbocycles. The minimum absolute atomic E-state index is 0. The number of nitrogens with zero attached hydrogens (tertiary/aromatic N) is 3. The summed E-state index contributed by atoms with van der Waals surface area (Å²) in [6.45, 7) is -0.817. The van der Waals surface area contributed by atoms with Crippen molar-refractivity contribution in [1.82, 2.24) is 15.0 Å². The molecule has 1 aliphatic rings. The Bertz CT molecular complexity index is 595. The maximum absolute atomic E-state index is 11.8. The normalized spacial score (nSPS) is 33.7. The second-order valence-corrected chi connectivity index (χ2v) is 4.66. The summed E-state index contributed by atoms with van der Waals surface area (Å²) in [5, 5.41) is 55.9. The predicted octanol–water partition coefficient (Wildman–Crippen LogP) is -8.74. The summed E-state index contributed by atoms with van der Waals surface area (Å²) >= 11 is 0. The van der Waals surface area contributed by atoms with E-state index in [1.54, 1.807) is 0 Å². The number of carbonyl (C=O) groups excluding carboxylic acids is 2. The summed E-state index contributed by atoms with van der Waals surface area (Å²) in [5.74, 6) is -3.06. The molecule has 1 aromatic heterocycles. The average Bonchev–Trinajstić information content (AvgIpc) is 2.95. The van der Waals surface area contributed by atoms with Gasteiger partial charge in [0, 0.05) is 0 Å². The fourth-order valence-corrected chi connectivity index (χ4v) is 2.18. The van der Waals surface area contributed by atoms with Crippen LogP contribution in [0.15, 0.2) is 6.20 Å². The van der Waals surface area contributed by atoms with Gasteiger partial charge in [-0.3, -0.25) is 4.79 Å². The third-order valence-corrected chi connectivity index (χ3v) is 3.36. The first-order valence-electron chi connectivity index (χ1n) is 6.02. The minimum atomic E-state index is -2.56. The number of amides is 1. The van der Waals surface area contributed by atoms with Gasteiger partial charge in [-0.15, -0.1) is 5.10 Å². The number of carboxylic acids is 1. The summed E-state index contributed by atoms with van der Waals surface area (Å²) in [6.07, 6.45) is -6.52. The van der Waals surface area contributed by atoms with Crippen LogP contribution in [0, 0.1) is 0 Å². The van der Waals surface area contributed by atoms with Gasteiger partial charge in [0.25, 0.3) is 11.6 Å². The van der Waals surface area contributed by atoms with Crippen molar-refractivity contribution >= 4 is 11.9 Å². The molecule has 0 aromatic carbocycles. The number of aromatic nitrogens is 3. The van der Waals surface area contributed by atoms with Gasteiger partial charge in [0.2, 0.25) is 0 Å². The Morgan fingerprint density at radius 1 is 1.39 bits per heavy atom. The van der Waals surface area contributed by atoms with Crippen LogP contribution in [0.3, 0.4) is 0 Å². The summed E-state index contributed by atoms with van der Waals surface area (Å²) in [4.78, 5) is 22.5. The van der Waals surface area contributed by atoms with E-state index in [-0.39, 0.29) is 29.6 Å². The molecule has 23 heavy (non-hydrogen) atoms. The largest absolute Gasteiger partial charge is 1.00 e. The van der Waals surface area contributed by atoms with Gasteiger partial charge in [0.05, 0.1) is 18.8 Å². The van der Waals surface area contributed by atoms with Gasteiger partial charge in [0.1, 0.15) is 30.1 Å². The molecular formula is C10H13N4NaO8. The zero-order valence-electron chi connectivity index (χ0n) is 11.9. The number of aliphatic hydroxyl groups is 4. The van der Waals surface area contributed by atoms with E-state index in [4.69, 9.17) is 15.6 Å². The van der Waals surface area contributed by atoms with Crippen LogP contribution in [0.25, 0.3) is 0 Å². The number of carboxylic acid groups (broad SMARTS) is 1. The van der Waals surface area contributed by atoms with Crippen LogP contribution >= 0.6 is 0 Å². The van der Waals surface area contributed by atoms with Gasteiger partial charge >= 0.3 is 29.6 Å². The topological polar surface area (TPSA) is 204 Å². The van der Waals surface area contributed by atoms with E-state index in [2.05, 4.69) is 10.3 Å². The number of carbonyl (C=O) groups is 2. The number of hydrogen-bond donors (Lipinski definition) is 5. The maximum atomic E-state index is 11.8. The second kappa shape index (κ2) is 7.19. The zero-order valence-corrected chi connectivity index (χ0v) is 13.9. The van der Waals surface area contributed by atoms with Crippen LogP contribution in [-0.4, -0.2) is 78.3 Å². The van der Waals surface area contributed by atoms with Gasteiger partial charge in [0.15, 0.2) is 0 Å². The quantitative estimate of drug-likeness (QED) is 0.327. The first-order chi connectivity index (χ1) is 10.3. The van der Waals surface area contributed by atoms with Crippen molar-refractivity contribution in [2.45, 2.75) is 30.1 Å². The van der Waals surface area contributed by atoms with Crippen molar-refractivity contribution in [2.24, 2.45) is 5.73 Å². The van der Waals surface area contributed by atoms with Gasteiger partial charge in [-0.2, -0.15) is 0 Å². The molecule has 2 rings (SSSR count). The van der Waals surface area contributed by atoms with Gasteiger partial charge < -0.3 is 40.8 Å². The molecule has 1 aromatic rings. The minimum Gasteiger partial charge on any atom is -0.543 e. The number of rotatable bonds is 4. The predicted molar refractivity (Wildman–Crippen MR) is 61.5 cm³/mol. The standard InChI is InChI=1S/C10H14N4O8.Na/c11-9(21)10(14-1-3(8(19)20)12-13-14)7(18)6(17)5(16)4(2-15)22-10;/h1,4-7,15-18H,2H2,(H2,11,21)(H,19,20);/q;+1/p-1/t4-,5-,6+,7-,10+;/m1./s1. The molecule has 0 aliphatic carbocycles. The van der Waals surface area contributed by atoms with Gasteiger partial charge in [-0.1, -0.05) is 5.21 Å². The molecule has 122 valence electrons. The second-order valence-electron chi connectivity index (χ2n) is 4.66. The summed E-state index contributed by atoms with van der Waals surface area (Å²) in [6, 6.07) is 0. The molecule has 0 unspecified atom stereocenters. The maximum Gasteiger partial charge on any atom is 1.00 e. The Hall–Kier alpha value is -1.12. The molecule has 0 radical (unpaired) electrons. The van der Waals surface area contributed by atoms with Crippen LogP contribution in [0.4, 0.5) is 0 Å². The Morgan fingerprint density at radius 3 is 2.43 bits per heavy atom. The van der Waals surface area contributed by atoms with Crippen LogP contribution < -0.4 is 40.4 Å². The summed E-state index contributed by atoms with van der Waals surface area (Å²) in [7, 11) is 0. The molecule has 6 N–H and O–H groups in total. The Morgan fingerprint density at radius 2 is 2.00 bits per heavy atom. The third-order valence-electron chi connectivity index (χ3n) is 3.36. The van der Waals surface area contributed by atoms with Crippen molar-refractivity contribution in [3.8, 4) is 0 Å². The molecule has 2 heterocycles. The molecule has 1 fully saturated rings. The number of primary amides is 1. The summed E-state index contributed by atoms with van der Waals surface area (Å²) < 4.78 is 5.61. The molecular weight excluding hydrogens is 327 g/mol. The first-order valence-corrected chi connectivity index (χ1v) is 6.02. The number of aromatic carboxylic acids is 1. The zero-order chi connectivity index (χ0) is 16.7. The smallest absolute Gasteiger partial charge is 0.543 e. The van der Waals surface area contributed by atoms with Crippen LogP contribution in [0.5, 0.6) is 0 Å². The van der Waals surface area contributed by atoms with E-state index in [0.29, 0.717) is 10.9 Å². The van der Waals surface area contributed by atoms with Crippen molar-refractivity contribution in [3.63, 3.8) is 0 Å². The molecule has 1 amide bonds. The molecule has 12 nitrogen and oxygen atoms in total. The first kappa shape index (κ1) is 19.9. The monoisotopic (exact) mass is 340 g/mol. The van der Waals surface area contributed by atoms with Crippen LogP contribution in [-0.2, 0) is 15.3 Å². The number of aliphatic hydroxyl groups excluding tert-OH is 4. The Labute approximate surface area is 150 Å². The van der Waals surface area contributed by atoms with Crippen molar-refractivity contribution in [1.29, 1.82) is 0 Å². The van der Waals surface area contributed by atoms with Crippen LogP contribution in [0.1, 0.15) is 10.5 Å².